The van der Waals surface area contributed by atoms with Crippen LogP contribution in [0, 0.1) is 13.8 Å². The number of thioether (sulfide) groups is 1. The summed E-state index contributed by atoms with van der Waals surface area (Å²) in [5.74, 6) is 2.14. The van der Waals surface area contributed by atoms with Gasteiger partial charge in [-0.05, 0) is 62.1 Å². The molecule has 34 heavy (non-hydrogen) atoms. The average molecular weight is 478 g/mol. The number of aryl methyl sites for hydroxylation is 1. The molecule has 7 nitrogen and oxygen atoms in total. The van der Waals surface area contributed by atoms with Crippen LogP contribution in [0.25, 0.3) is 0 Å². The van der Waals surface area contributed by atoms with Crippen molar-refractivity contribution in [1.29, 1.82) is 0 Å². The number of rotatable bonds is 8. The van der Waals surface area contributed by atoms with Crippen molar-refractivity contribution in [3.05, 3.63) is 70.4 Å². The molecule has 2 aromatic carbocycles. The third-order valence-electron chi connectivity index (χ3n) is 6.07. The normalized spacial score (nSPS) is 15.0. The molecule has 1 amide bonds. The number of benzene rings is 2. The Morgan fingerprint density at radius 2 is 2.00 bits per heavy atom. The standard InChI is InChI=1S/C26H31N5O2S/c1-6-7-14-34-26-29-25-27-18(4)22(24(32)28-21-13-8-10-16(2)17(21)3)23(31(25)30-26)19-11-9-12-20(15-19)33-5/h8-13,15,23H,6-7,14H2,1-5H3,(H,28,32)(H,27,29,30). The van der Waals surface area contributed by atoms with E-state index in [1.165, 1.54) is 0 Å². The van der Waals surface area contributed by atoms with Crippen molar-refractivity contribution in [3.8, 4) is 5.75 Å². The summed E-state index contributed by atoms with van der Waals surface area (Å²) in [7, 11) is 1.64. The molecule has 2 heterocycles. The van der Waals surface area contributed by atoms with Gasteiger partial charge in [-0.1, -0.05) is 49.4 Å². The lowest BCUT2D eigenvalue weighted by atomic mass is 9.94. The Hall–Kier alpha value is -3.26. The topological polar surface area (TPSA) is 81.1 Å². The molecule has 0 spiro atoms. The van der Waals surface area contributed by atoms with Crippen molar-refractivity contribution >= 4 is 29.3 Å². The van der Waals surface area contributed by atoms with E-state index in [-0.39, 0.29) is 5.91 Å². The Bertz CT molecular complexity index is 1230. The van der Waals surface area contributed by atoms with Crippen LogP contribution in [-0.2, 0) is 4.79 Å². The minimum absolute atomic E-state index is 0.173. The number of anilines is 2. The minimum Gasteiger partial charge on any atom is -0.497 e. The van der Waals surface area contributed by atoms with Gasteiger partial charge in [-0.15, -0.1) is 5.10 Å². The van der Waals surface area contributed by atoms with Gasteiger partial charge < -0.3 is 15.4 Å². The van der Waals surface area contributed by atoms with Gasteiger partial charge in [0, 0.05) is 17.1 Å². The Morgan fingerprint density at radius 1 is 1.21 bits per heavy atom. The van der Waals surface area contributed by atoms with Crippen LogP contribution in [0.3, 0.4) is 0 Å². The lowest BCUT2D eigenvalue weighted by Crippen LogP contribution is -2.31. The predicted molar refractivity (Wildman–Crippen MR) is 138 cm³/mol. The number of unbranched alkanes of at least 4 members (excludes halogenated alkanes) is 1. The second-order valence-electron chi connectivity index (χ2n) is 8.41. The quantitative estimate of drug-likeness (QED) is 0.319. The molecule has 0 saturated carbocycles. The number of carbonyl (C=O) groups is 1. The van der Waals surface area contributed by atoms with Gasteiger partial charge in [-0.2, -0.15) is 4.98 Å². The summed E-state index contributed by atoms with van der Waals surface area (Å²) in [6, 6.07) is 13.2. The van der Waals surface area contributed by atoms with E-state index in [4.69, 9.17) is 14.8 Å². The molecular weight excluding hydrogens is 446 g/mol. The van der Waals surface area contributed by atoms with Gasteiger partial charge in [0.2, 0.25) is 11.1 Å². The van der Waals surface area contributed by atoms with Gasteiger partial charge in [0.15, 0.2) is 0 Å². The highest BCUT2D eigenvalue weighted by Gasteiger charge is 2.34. The van der Waals surface area contributed by atoms with Crippen LogP contribution in [-0.4, -0.2) is 33.5 Å². The summed E-state index contributed by atoms with van der Waals surface area (Å²) in [5, 5.41) is 11.9. The number of carbonyl (C=O) groups excluding carboxylic acids is 1. The van der Waals surface area contributed by atoms with Crippen molar-refractivity contribution in [2.75, 3.05) is 23.5 Å². The second kappa shape index (κ2) is 10.3. The highest BCUT2D eigenvalue weighted by molar-refractivity contribution is 7.99. The van der Waals surface area contributed by atoms with Gasteiger partial charge in [0.1, 0.15) is 11.8 Å². The van der Waals surface area contributed by atoms with Gasteiger partial charge in [-0.3, -0.25) is 4.79 Å². The molecule has 0 radical (unpaired) electrons. The molecular formula is C26H31N5O2S. The van der Waals surface area contributed by atoms with E-state index in [0.29, 0.717) is 16.7 Å². The monoisotopic (exact) mass is 477 g/mol. The second-order valence-corrected chi connectivity index (χ2v) is 9.47. The van der Waals surface area contributed by atoms with Crippen LogP contribution in [0.5, 0.6) is 5.75 Å². The number of nitrogens with zero attached hydrogens (tertiary/aromatic N) is 3. The summed E-state index contributed by atoms with van der Waals surface area (Å²) in [6.45, 7) is 8.13. The Morgan fingerprint density at radius 3 is 2.76 bits per heavy atom. The summed E-state index contributed by atoms with van der Waals surface area (Å²) in [5.41, 5.74) is 5.23. The van der Waals surface area contributed by atoms with Crippen molar-refractivity contribution in [2.45, 2.75) is 51.7 Å². The molecule has 0 aliphatic carbocycles. The van der Waals surface area contributed by atoms with Crippen molar-refractivity contribution in [1.82, 2.24) is 14.8 Å². The zero-order valence-electron chi connectivity index (χ0n) is 20.3. The molecule has 0 fully saturated rings. The zero-order valence-corrected chi connectivity index (χ0v) is 21.1. The average Bonchev–Trinajstić information content (AvgIpc) is 3.23. The van der Waals surface area contributed by atoms with Crippen LogP contribution in [0.1, 0.15) is 49.4 Å². The maximum atomic E-state index is 13.7. The molecule has 1 aliphatic heterocycles. The van der Waals surface area contributed by atoms with E-state index in [9.17, 15) is 4.79 Å². The molecule has 8 heteroatoms. The molecule has 1 unspecified atom stereocenters. The lowest BCUT2D eigenvalue weighted by molar-refractivity contribution is -0.113. The van der Waals surface area contributed by atoms with Crippen molar-refractivity contribution in [2.24, 2.45) is 0 Å². The molecule has 1 aliphatic rings. The summed E-state index contributed by atoms with van der Waals surface area (Å²) in [6.07, 6.45) is 2.22. The first-order valence-electron chi connectivity index (χ1n) is 11.5. The van der Waals surface area contributed by atoms with Gasteiger partial charge in [0.25, 0.3) is 5.91 Å². The van der Waals surface area contributed by atoms with Crippen LogP contribution >= 0.6 is 11.8 Å². The van der Waals surface area contributed by atoms with Crippen LogP contribution in [0.15, 0.2) is 58.9 Å². The number of nitrogens with one attached hydrogen (secondary N) is 2. The highest BCUT2D eigenvalue weighted by atomic mass is 32.2. The van der Waals surface area contributed by atoms with Gasteiger partial charge in [0.05, 0.1) is 12.7 Å². The van der Waals surface area contributed by atoms with Crippen molar-refractivity contribution in [3.63, 3.8) is 0 Å². The first-order chi connectivity index (χ1) is 16.4. The van der Waals surface area contributed by atoms with Crippen molar-refractivity contribution < 1.29 is 9.53 Å². The number of hydrogen-bond donors (Lipinski definition) is 2. The third kappa shape index (κ3) is 4.82. The lowest BCUT2D eigenvalue weighted by Gasteiger charge is -2.29. The van der Waals surface area contributed by atoms with E-state index in [2.05, 4.69) is 17.6 Å². The number of allylic oxidation sites excluding steroid dienone is 1. The van der Waals surface area contributed by atoms with Crippen LogP contribution in [0.2, 0.25) is 0 Å². The first-order valence-corrected chi connectivity index (χ1v) is 12.5. The molecule has 4 rings (SSSR count). The van der Waals surface area contributed by atoms with E-state index in [0.717, 1.165) is 52.4 Å². The largest absolute Gasteiger partial charge is 0.497 e. The summed E-state index contributed by atoms with van der Waals surface area (Å²) < 4.78 is 7.28. The molecule has 1 atom stereocenters. The number of ether oxygens (including phenoxy) is 1. The molecule has 2 N–H and O–H groups in total. The fourth-order valence-corrected chi connectivity index (χ4v) is 4.90. The van der Waals surface area contributed by atoms with Crippen LogP contribution in [0.4, 0.5) is 11.6 Å². The molecule has 0 saturated heterocycles. The predicted octanol–water partition coefficient (Wildman–Crippen LogP) is 5.72. The number of hydrogen-bond acceptors (Lipinski definition) is 6. The fourth-order valence-electron chi connectivity index (χ4n) is 3.99. The number of methoxy groups -OCH3 is 1. The molecule has 178 valence electrons. The zero-order chi connectivity index (χ0) is 24.2. The Labute approximate surface area is 205 Å². The Balaban J connectivity index is 1.76. The van der Waals surface area contributed by atoms with Crippen LogP contribution < -0.4 is 15.4 Å². The Kier molecular flexibility index (Phi) is 7.26. The summed E-state index contributed by atoms with van der Waals surface area (Å²) >= 11 is 1.63. The highest BCUT2D eigenvalue weighted by Crippen LogP contribution is 2.38. The van der Waals surface area contributed by atoms with E-state index >= 15 is 0 Å². The molecule has 1 aromatic heterocycles. The fraction of sp³-hybridized carbons (Fsp3) is 0.346. The SMILES string of the molecule is CCCCSc1nc2n(n1)C(c1cccc(OC)c1)C(C(=O)Nc1cccc(C)c1C)=C(C)N2. The smallest absolute Gasteiger partial charge is 0.255 e. The molecule has 3 aromatic rings. The first kappa shape index (κ1) is 23.9. The van der Waals surface area contributed by atoms with Gasteiger partial charge in [-0.25, -0.2) is 4.68 Å². The van der Waals surface area contributed by atoms with Gasteiger partial charge >= 0.3 is 0 Å². The number of aromatic nitrogens is 3. The number of fused-ring (bicyclic) bond motifs is 1. The number of amides is 1. The minimum atomic E-state index is -0.440. The molecule has 0 bridgehead atoms. The van der Waals surface area contributed by atoms with E-state index in [1.54, 1.807) is 18.9 Å². The third-order valence-corrected chi connectivity index (χ3v) is 6.99. The van der Waals surface area contributed by atoms with E-state index in [1.807, 2.05) is 67.9 Å². The summed E-state index contributed by atoms with van der Waals surface area (Å²) in [4.78, 5) is 18.4. The maximum Gasteiger partial charge on any atom is 0.255 e. The van der Waals surface area contributed by atoms with E-state index < -0.39 is 6.04 Å². The maximum absolute atomic E-state index is 13.7.